The summed E-state index contributed by atoms with van der Waals surface area (Å²) in [4.78, 5) is 4.19. The average molecular weight is 257 g/mol. The molecule has 1 saturated carbocycles. The van der Waals surface area contributed by atoms with Gasteiger partial charge in [0.15, 0.2) is 5.96 Å². The van der Waals surface area contributed by atoms with Gasteiger partial charge in [0.2, 0.25) is 0 Å². The SMILES string of the molecule is CN=C(NCC1CCC1)NCC1(O)CCSC1. The summed E-state index contributed by atoms with van der Waals surface area (Å²) in [5.41, 5.74) is -0.543. The van der Waals surface area contributed by atoms with Crippen molar-refractivity contribution in [2.24, 2.45) is 10.9 Å². The van der Waals surface area contributed by atoms with Crippen LogP contribution in [0.3, 0.4) is 0 Å². The van der Waals surface area contributed by atoms with Crippen molar-refractivity contribution < 1.29 is 5.11 Å². The summed E-state index contributed by atoms with van der Waals surface area (Å²) in [6, 6.07) is 0. The van der Waals surface area contributed by atoms with Crippen molar-refractivity contribution in [1.29, 1.82) is 0 Å². The van der Waals surface area contributed by atoms with Crippen molar-refractivity contribution in [2.45, 2.75) is 31.3 Å². The van der Waals surface area contributed by atoms with Crippen molar-refractivity contribution in [3.63, 3.8) is 0 Å². The van der Waals surface area contributed by atoms with E-state index in [-0.39, 0.29) is 0 Å². The molecule has 0 amide bonds. The van der Waals surface area contributed by atoms with E-state index in [4.69, 9.17) is 0 Å². The predicted octanol–water partition coefficient (Wildman–Crippen LogP) is 0.819. The first kappa shape index (κ1) is 13.0. The molecule has 1 aliphatic heterocycles. The molecule has 1 unspecified atom stereocenters. The van der Waals surface area contributed by atoms with Gasteiger partial charge in [-0.25, -0.2) is 0 Å². The van der Waals surface area contributed by atoms with Gasteiger partial charge in [0.25, 0.3) is 0 Å². The molecule has 0 spiro atoms. The van der Waals surface area contributed by atoms with Gasteiger partial charge in [-0.15, -0.1) is 0 Å². The molecule has 17 heavy (non-hydrogen) atoms. The van der Waals surface area contributed by atoms with Crippen molar-refractivity contribution in [3.05, 3.63) is 0 Å². The molecule has 4 nitrogen and oxygen atoms in total. The molecule has 0 aromatic carbocycles. The lowest BCUT2D eigenvalue weighted by atomic mass is 9.85. The highest BCUT2D eigenvalue weighted by Gasteiger charge is 2.31. The van der Waals surface area contributed by atoms with Gasteiger partial charge in [0, 0.05) is 25.9 Å². The largest absolute Gasteiger partial charge is 0.387 e. The second-order valence-electron chi connectivity index (χ2n) is 5.13. The zero-order valence-electron chi connectivity index (χ0n) is 10.5. The van der Waals surface area contributed by atoms with E-state index in [0.29, 0.717) is 6.54 Å². The molecule has 2 rings (SSSR count). The summed E-state index contributed by atoms with van der Waals surface area (Å²) in [6.07, 6.45) is 4.93. The van der Waals surface area contributed by atoms with Gasteiger partial charge in [-0.1, -0.05) is 6.42 Å². The molecular weight excluding hydrogens is 234 g/mol. The van der Waals surface area contributed by atoms with Gasteiger partial charge < -0.3 is 15.7 Å². The third-order valence-corrected chi connectivity index (χ3v) is 4.91. The van der Waals surface area contributed by atoms with Gasteiger partial charge in [-0.3, -0.25) is 4.99 Å². The van der Waals surface area contributed by atoms with E-state index in [1.807, 2.05) is 11.8 Å². The predicted molar refractivity (Wildman–Crippen MR) is 73.6 cm³/mol. The standard InChI is InChI=1S/C12H23N3OS/c1-13-11(14-7-10-3-2-4-10)15-8-12(16)5-6-17-9-12/h10,16H,2-9H2,1H3,(H2,13,14,15). The Labute approximate surface area is 108 Å². The van der Waals surface area contributed by atoms with Gasteiger partial charge in [-0.2, -0.15) is 11.8 Å². The van der Waals surface area contributed by atoms with Crippen molar-refractivity contribution in [2.75, 3.05) is 31.6 Å². The Bertz CT molecular complexity index is 273. The monoisotopic (exact) mass is 257 g/mol. The average Bonchev–Trinajstić information content (AvgIpc) is 2.68. The van der Waals surface area contributed by atoms with Gasteiger partial charge in [0.1, 0.15) is 0 Å². The second-order valence-corrected chi connectivity index (χ2v) is 6.24. The lowest BCUT2D eigenvalue weighted by Gasteiger charge is -2.27. The van der Waals surface area contributed by atoms with E-state index in [1.165, 1.54) is 19.3 Å². The maximum absolute atomic E-state index is 10.2. The normalized spacial score (nSPS) is 30.1. The van der Waals surface area contributed by atoms with E-state index in [2.05, 4.69) is 15.6 Å². The first-order chi connectivity index (χ1) is 8.22. The Morgan fingerprint density at radius 2 is 2.29 bits per heavy atom. The zero-order chi connectivity index (χ0) is 12.1. The molecule has 1 saturated heterocycles. The fourth-order valence-electron chi connectivity index (χ4n) is 2.14. The van der Waals surface area contributed by atoms with Gasteiger partial charge >= 0.3 is 0 Å². The number of nitrogens with zero attached hydrogens (tertiary/aromatic N) is 1. The van der Waals surface area contributed by atoms with Crippen LogP contribution in [0.25, 0.3) is 0 Å². The van der Waals surface area contributed by atoms with E-state index in [0.717, 1.165) is 36.3 Å². The van der Waals surface area contributed by atoms with Crippen LogP contribution in [-0.4, -0.2) is 48.3 Å². The molecule has 3 N–H and O–H groups in total. The Hall–Kier alpha value is -0.420. The van der Waals surface area contributed by atoms with Crippen LogP contribution in [-0.2, 0) is 0 Å². The van der Waals surface area contributed by atoms with Crippen molar-refractivity contribution in [1.82, 2.24) is 10.6 Å². The summed E-state index contributed by atoms with van der Waals surface area (Å²) in [6.45, 7) is 1.61. The van der Waals surface area contributed by atoms with E-state index < -0.39 is 5.60 Å². The molecule has 0 bridgehead atoms. The van der Waals surface area contributed by atoms with E-state index in [9.17, 15) is 5.11 Å². The van der Waals surface area contributed by atoms with Crippen LogP contribution in [0.15, 0.2) is 4.99 Å². The van der Waals surface area contributed by atoms with Crippen molar-refractivity contribution in [3.8, 4) is 0 Å². The van der Waals surface area contributed by atoms with Crippen molar-refractivity contribution >= 4 is 17.7 Å². The molecule has 5 heteroatoms. The Morgan fingerprint density at radius 1 is 1.47 bits per heavy atom. The molecule has 1 atom stereocenters. The van der Waals surface area contributed by atoms with E-state index in [1.54, 1.807) is 7.05 Å². The number of nitrogens with one attached hydrogen (secondary N) is 2. The molecule has 2 aliphatic rings. The molecule has 2 fully saturated rings. The number of rotatable bonds is 4. The Morgan fingerprint density at radius 3 is 2.82 bits per heavy atom. The number of hydrogen-bond acceptors (Lipinski definition) is 3. The summed E-state index contributed by atoms with van der Waals surface area (Å²) >= 11 is 1.82. The van der Waals surface area contributed by atoms with Crippen LogP contribution >= 0.6 is 11.8 Å². The van der Waals surface area contributed by atoms with Gasteiger partial charge in [-0.05, 0) is 30.9 Å². The minimum Gasteiger partial charge on any atom is -0.387 e. The second kappa shape index (κ2) is 5.96. The number of hydrogen-bond donors (Lipinski definition) is 3. The minimum atomic E-state index is -0.543. The molecule has 1 heterocycles. The van der Waals surface area contributed by atoms with Crippen LogP contribution < -0.4 is 10.6 Å². The Balaban J connectivity index is 1.67. The molecule has 98 valence electrons. The summed E-state index contributed by atoms with van der Waals surface area (Å²) in [5.74, 6) is 3.53. The van der Waals surface area contributed by atoms with Gasteiger partial charge in [0.05, 0.1) is 5.60 Å². The lowest BCUT2D eigenvalue weighted by Crippen LogP contribution is -2.48. The van der Waals surface area contributed by atoms with Crippen LogP contribution in [0.4, 0.5) is 0 Å². The zero-order valence-corrected chi connectivity index (χ0v) is 11.4. The molecule has 0 aromatic heterocycles. The Kier molecular flexibility index (Phi) is 4.56. The summed E-state index contributed by atoms with van der Waals surface area (Å²) in [5, 5.41) is 16.8. The van der Waals surface area contributed by atoms with Crippen LogP contribution in [0.2, 0.25) is 0 Å². The third kappa shape index (κ3) is 3.78. The van der Waals surface area contributed by atoms with Crippen LogP contribution in [0.5, 0.6) is 0 Å². The number of thioether (sulfide) groups is 1. The number of aliphatic imine (C=N–C) groups is 1. The highest BCUT2D eigenvalue weighted by Crippen LogP contribution is 2.27. The number of guanidine groups is 1. The topological polar surface area (TPSA) is 56.7 Å². The lowest BCUT2D eigenvalue weighted by molar-refractivity contribution is 0.0724. The summed E-state index contributed by atoms with van der Waals surface area (Å²) < 4.78 is 0. The molecule has 1 aliphatic carbocycles. The third-order valence-electron chi connectivity index (χ3n) is 3.67. The van der Waals surface area contributed by atoms with E-state index >= 15 is 0 Å². The highest BCUT2D eigenvalue weighted by molar-refractivity contribution is 7.99. The maximum atomic E-state index is 10.2. The fraction of sp³-hybridized carbons (Fsp3) is 0.917. The maximum Gasteiger partial charge on any atom is 0.191 e. The smallest absolute Gasteiger partial charge is 0.191 e. The highest BCUT2D eigenvalue weighted by atomic mass is 32.2. The molecule has 0 radical (unpaired) electrons. The minimum absolute atomic E-state index is 0.543. The first-order valence-electron chi connectivity index (χ1n) is 6.46. The van der Waals surface area contributed by atoms with Crippen LogP contribution in [0.1, 0.15) is 25.7 Å². The van der Waals surface area contributed by atoms with Crippen LogP contribution in [0, 0.1) is 5.92 Å². The summed E-state index contributed by atoms with van der Waals surface area (Å²) in [7, 11) is 1.78. The first-order valence-corrected chi connectivity index (χ1v) is 7.62. The fourth-order valence-corrected chi connectivity index (χ4v) is 3.44. The number of aliphatic hydroxyl groups is 1. The molecule has 0 aromatic rings. The quantitative estimate of drug-likeness (QED) is 0.515. The molecular formula is C12H23N3OS.